The number of hydrogen-bond acceptors (Lipinski definition) is 4. The van der Waals surface area contributed by atoms with E-state index < -0.39 is 5.97 Å². The molecule has 2 rings (SSSR count). The van der Waals surface area contributed by atoms with Crippen LogP contribution in [0.5, 0.6) is 11.6 Å². The highest BCUT2D eigenvalue weighted by Crippen LogP contribution is 2.31. The molecule has 1 N–H and O–H groups in total. The Morgan fingerprint density at radius 1 is 1.59 bits per heavy atom. The first-order chi connectivity index (χ1) is 8.08. The molecule has 0 saturated heterocycles. The average Bonchev–Trinajstić information content (AvgIpc) is 2.73. The zero-order valence-corrected chi connectivity index (χ0v) is 11.2. The number of carbonyl (C=O) groups is 1. The first-order valence-electron chi connectivity index (χ1n) is 4.68. The van der Waals surface area contributed by atoms with Crippen molar-refractivity contribution < 1.29 is 14.6 Å². The Balaban J connectivity index is 2.25. The number of aryl methyl sites for hydroxylation is 1. The largest absolute Gasteiger partial charge is 0.477 e. The third-order valence-corrected chi connectivity index (χ3v) is 3.91. The lowest BCUT2D eigenvalue weighted by molar-refractivity contribution is 0.0702. The Hall–Kier alpha value is -1.40. The number of nitrogens with zero attached hydrogens (tertiary/aromatic N) is 1. The molecule has 6 heteroatoms. The second-order valence-electron chi connectivity index (χ2n) is 3.30. The van der Waals surface area contributed by atoms with Crippen LogP contribution in [0.25, 0.3) is 0 Å². The van der Waals surface area contributed by atoms with Crippen LogP contribution < -0.4 is 4.74 Å². The van der Waals surface area contributed by atoms with Crippen molar-refractivity contribution in [1.82, 2.24) is 4.98 Å². The smallest absolute Gasteiger partial charge is 0.346 e. The molecule has 0 bridgehead atoms. The minimum absolute atomic E-state index is 0.240. The summed E-state index contributed by atoms with van der Waals surface area (Å²) < 4.78 is 6.28. The van der Waals surface area contributed by atoms with Crippen LogP contribution in [-0.2, 0) is 0 Å². The van der Waals surface area contributed by atoms with E-state index in [2.05, 4.69) is 20.9 Å². The Bertz CT molecular complexity index is 568. The molecular weight excluding hydrogens is 306 g/mol. The highest BCUT2D eigenvalue weighted by atomic mass is 79.9. The van der Waals surface area contributed by atoms with E-state index in [9.17, 15) is 4.79 Å². The van der Waals surface area contributed by atoms with Crippen molar-refractivity contribution in [1.29, 1.82) is 0 Å². The summed E-state index contributed by atoms with van der Waals surface area (Å²) in [6.07, 6.45) is 1.64. The first kappa shape index (κ1) is 12.1. The summed E-state index contributed by atoms with van der Waals surface area (Å²) in [5.41, 5.74) is 1.00. The number of carboxylic acid groups (broad SMARTS) is 1. The lowest BCUT2D eigenvalue weighted by Gasteiger charge is -2.05. The molecule has 0 spiro atoms. The second-order valence-corrected chi connectivity index (χ2v) is 5.01. The van der Waals surface area contributed by atoms with E-state index in [1.54, 1.807) is 11.6 Å². The van der Waals surface area contributed by atoms with E-state index in [1.165, 1.54) is 6.07 Å². The van der Waals surface area contributed by atoms with Crippen LogP contribution in [0.4, 0.5) is 0 Å². The fraction of sp³-hybridized carbons (Fsp3) is 0.0909. The van der Waals surface area contributed by atoms with Crippen molar-refractivity contribution in [2.24, 2.45) is 0 Å². The van der Waals surface area contributed by atoms with Crippen molar-refractivity contribution in [3.63, 3.8) is 0 Å². The fourth-order valence-corrected chi connectivity index (χ4v) is 2.14. The summed E-state index contributed by atoms with van der Waals surface area (Å²) in [5.74, 6) is -0.0490. The second kappa shape index (κ2) is 4.85. The maximum Gasteiger partial charge on any atom is 0.346 e. The number of carboxylic acids is 1. The van der Waals surface area contributed by atoms with Gasteiger partial charge in [-0.2, -0.15) is 0 Å². The normalized spacial score (nSPS) is 10.2. The van der Waals surface area contributed by atoms with Gasteiger partial charge in [-0.25, -0.2) is 9.78 Å². The van der Waals surface area contributed by atoms with Gasteiger partial charge in [0, 0.05) is 17.6 Å². The van der Waals surface area contributed by atoms with Gasteiger partial charge in [0.15, 0.2) is 0 Å². The van der Waals surface area contributed by atoms with E-state index in [0.717, 1.165) is 21.4 Å². The minimum atomic E-state index is -0.957. The Kier molecular flexibility index (Phi) is 3.44. The molecule has 4 nitrogen and oxygen atoms in total. The van der Waals surface area contributed by atoms with Crippen molar-refractivity contribution in [3.05, 3.63) is 38.6 Å². The maximum absolute atomic E-state index is 10.7. The van der Waals surface area contributed by atoms with Gasteiger partial charge in [0.1, 0.15) is 10.6 Å². The molecule has 0 fully saturated rings. The predicted octanol–water partition coefficient (Wildman–Crippen LogP) is 3.70. The van der Waals surface area contributed by atoms with Crippen LogP contribution in [0.15, 0.2) is 28.2 Å². The molecule has 88 valence electrons. The standard InChI is InChI=1S/C11H8BrNO3S/c1-6-2-3-13-10(9(6)12)16-7-4-8(11(14)15)17-5-7/h2-5H,1H3,(H,14,15). The van der Waals surface area contributed by atoms with Crippen LogP contribution in [0, 0.1) is 6.92 Å². The summed E-state index contributed by atoms with van der Waals surface area (Å²) in [4.78, 5) is 15.0. The summed E-state index contributed by atoms with van der Waals surface area (Å²) in [6, 6.07) is 3.33. The van der Waals surface area contributed by atoms with E-state index in [1.807, 2.05) is 13.0 Å². The summed E-state index contributed by atoms with van der Waals surface area (Å²) >= 11 is 4.49. The third kappa shape index (κ3) is 2.65. The zero-order chi connectivity index (χ0) is 12.4. The molecule has 17 heavy (non-hydrogen) atoms. The van der Waals surface area contributed by atoms with Gasteiger partial charge in [0.05, 0.1) is 4.47 Å². The number of hydrogen-bond donors (Lipinski definition) is 1. The molecule has 2 heterocycles. The number of aromatic nitrogens is 1. The molecule has 0 unspecified atom stereocenters. The molecule has 0 aromatic carbocycles. The first-order valence-corrected chi connectivity index (χ1v) is 6.36. The molecule has 0 saturated carbocycles. The summed E-state index contributed by atoms with van der Waals surface area (Å²) in [7, 11) is 0. The highest BCUT2D eigenvalue weighted by molar-refractivity contribution is 9.10. The quantitative estimate of drug-likeness (QED) is 0.938. The van der Waals surface area contributed by atoms with Crippen molar-refractivity contribution in [2.75, 3.05) is 0 Å². The van der Waals surface area contributed by atoms with Crippen molar-refractivity contribution in [3.8, 4) is 11.6 Å². The molecule has 0 aliphatic rings. The molecule has 0 atom stereocenters. The molecule has 2 aromatic heterocycles. The van der Waals surface area contributed by atoms with Gasteiger partial charge in [-0.3, -0.25) is 0 Å². The highest BCUT2D eigenvalue weighted by Gasteiger charge is 2.11. The minimum Gasteiger partial charge on any atom is -0.477 e. The van der Waals surface area contributed by atoms with Crippen LogP contribution in [0.2, 0.25) is 0 Å². The average molecular weight is 314 g/mol. The van der Waals surface area contributed by atoms with Gasteiger partial charge in [0.25, 0.3) is 0 Å². The number of thiophene rings is 1. The Morgan fingerprint density at radius 3 is 3.00 bits per heavy atom. The van der Waals surface area contributed by atoms with E-state index in [4.69, 9.17) is 9.84 Å². The lowest BCUT2D eigenvalue weighted by Crippen LogP contribution is -1.91. The number of aromatic carboxylic acids is 1. The maximum atomic E-state index is 10.7. The fourth-order valence-electron chi connectivity index (χ4n) is 1.18. The van der Waals surface area contributed by atoms with Gasteiger partial charge >= 0.3 is 5.97 Å². The monoisotopic (exact) mass is 313 g/mol. The zero-order valence-electron chi connectivity index (χ0n) is 8.81. The van der Waals surface area contributed by atoms with Gasteiger partial charge in [-0.1, -0.05) is 0 Å². The third-order valence-electron chi connectivity index (χ3n) is 2.05. The van der Waals surface area contributed by atoms with Crippen LogP contribution in [-0.4, -0.2) is 16.1 Å². The molecule has 0 amide bonds. The summed E-state index contributed by atoms with van der Waals surface area (Å²) in [5, 5.41) is 10.4. The van der Waals surface area contributed by atoms with Crippen LogP contribution in [0.1, 0.15) is 15.2 Å². The molecule has 0 radical (unpaired) electrons. The van der Waals surface area contributed by atoms with Crippen LogP contribution >= 0.6 is 27.3 Å². The number of ether oxygens (including phenoxy) is 1. The topological polar surface area (TPSA) is 59.4 Å². The van der Waals surface area contributed by atoms with Gasteiger partial charge < -0.3 is 9.84 Å². The predicted molar refractivity (Wildman–Crippen MR) is 68.0 cm³/mol. The van der Waals surface area contributed by atoms with E-state index >= 15 is 0 Å². The van der Waals surface area contributed by atoms with Gasteiger partial charge in [-0.05, 0) is 34.5 Å². The van der Waals surface area contributed by atoms with E-state index in [0.29, 0.717) is 11.6 Å². The Morgan fingerprint density at radius 2 is 2.35 bits per heavy atom. The SMILES string of the molecule is Cc1ccnc(Oc2csc(C(=O)O)c2)c1Br. The molecule has 2 aromatic rings. The lowest BCUT2D eigenvalue weighted by atomic mass is 10.3. The summed E-state index contributed by atoms with van der Waals surface area (Å²) in [6.45, 7) is 1.93. The molecule has 0 aliphatic carbocycles. The molecular formula is C11H8BrNO3S. The molecule has 0 aliphatic heterocycles. The number of halogens is 1. The van der Waals surface area contributed by atoms with Crippen LogP contribution in [0.3, 0.4) is 0 Å². The van der Waals surface area contributed by atoms with Crippen molar-refractivity contribution >= 4 is 33.2 Å². The van der Waals surface area contributed by atoms with Gasteiger partial charge in [-0.15, -0.1) is 11.3 Å². The number of pyridine rings is 1. The van der Waals surface area contributed by atoms with E-state index in [-0.39, 0.29) is 4.88 Å². The van der Waals surface area contributed by atoms with Gasteiger partial charge in [0.2, 0.25) is 5.88 Å². The number of rotatable bonds is 3. The Labute approximate surface area is 110 Å². The van der Waals surface area contributed by atoms with Crippen molar-refractivity contribution in [2.45, 2.75) is 6.92 Å².